The summed E-state index contributed by atoms with van der Waals surface area (Å²) in [5, 5.41) is 12.8. The van der Waals surface area contributed by atoms with E-state index in [1.807, 2.05) is 0 Å². The van der Waals surface area contributed by atoms with Gasteiger partial charge in [-0.25, -0.2) is 0 Å². The Hall–Kier alpha value is -2.34. The molecule has 0 spiro atoms. The van der Waals surface area contributed by atoms with E-state index in [4.69, 9.17) is 9.47 Å². The molecule has 24 heavy (non-hydrogen) atoms. The maximum Gasteiger partial charge on any atom is 0.213 e. The number of allylic oxidation sites excluding steroid dienone is 2. The highest BCUT2D eigenvalue weighted by Gasteiger charge is 2.33. The van der Waals surface area contributed by atoms with Crippen molar-refractivity contribution in [1.82, 2.24) is 5.32 Å². The lowest BCUT2D eigenvalue weighted by Crippen LogP contribution is -2.38. The van der Waals surface area contributed by atoms with Gasteiger partial charge < -0.3 is 19.9 Å². The van der Waals surface area contributed by atoms with Crippen LogP contribution in [0.3, 0.4) is 0 Å². The Labute approximate surface area is 140 Å². The van der Waals surface area contributed by atoms with Crippen LogP contribution in [0.5, 0.6) is 11.5 Å². The van der Waals surface area contributed by atoms with Crippen LogP contribution >= 0.6 is 0 Å². The van der Waals surface area contributed by atoms with E-state index in [1.165, 1.54) is 20.3 Å². The standard InChI is InChI=1S/C18H21NO5/c1-23-14-7-8-15(24-2)17-16(14)13(21)9-12(18(17)22)19-10-3-5-11(20)6-4-10/h7-11,19-20H,3-6H2,1-2H3. The fraction of sp³-hybridized carbons (Fsp3) is 0.444. The van der Waals surface area contributed by atoms with Crippen LogP contribution in [-0.2, 0) is 0 Å². The molecular weight excluding hydrogens is 310 g/mol. The van der Waals surface area contributed by atoms with E-state index < -0.39 is 0 Å². The third-order valence-corrected chi connectivity index (χ3v) is 4.62. The molecule has 2 aliphatic rings. The van der Waals surface area contributed by atoms with Crippen molar-refractivity contribution >= 4 is 11.6 Å². The molecule has 0 radical (unpaired) electrons. The van der Waals surface area contributed by atoms with E-state index in [-0.39, 0.29) is 40.5 Å². The molecule has 0 unspecified atom stereocenters. The van der Waals surface area contributed by atoms with Crippen LogP contribution in [0.15, 0.2) is 23.9 Å². The van der Waals surface area contributed by atoms with Crippen molar-refractivity contribution in [3.8, 4) is 11.5 Å². The number of carbonyl (C=O) groups is 2. The number of fused-ring (bicyclic) bond motifs is 1. The summed E-state index contributed by atoms with van der Waals surface area (Å²) in [7, 11) is 2.93. The summed E-state index contributed by atoms with van der Waals surface area (Å²) in [5.41, 5.74) is 0.759. The van der Waals surface area contributed by atoms with Crippen LogP contribution in [0.2, 0.25) is 0 Å². The Morgan fingerprint density at radius 3 is 2.17 bits per heavy atom. The van der Waals surface area contributed by atoms with Crippen molar-refractivity contribution in [2.24, 2.45) is 0 Å². The van der Waals surface area contributed by atoms with Gasteiger partial charge in [-0.3, -0.25) is 9.59 Å². The molecule has 6 nitrogen and oxygen atoms in total. The Morgan fingerprint density at radius 2 is 1.58 bits per heavy atom. The number of methoxy groups -OCH3 is 2. The summed E-state index contributed by atoms with van der Waals surface area (Å²) in [6.45, 7) is 0. The zero-order valence-electron chi connectivity index (χ0n) is 13.8. The minimum atomic E-state index is -0.279. The van der Waals surface area contributed by atoms with Gasteiger partial charge in [-0.15, -0.1) is 0 Å². The average molecular weight is 331 g/mol. The number of rotatable bonds is 4. The lowest BCUT2D eigenvalue weighted by molar-refractivity contribution is 0.0960. The van der Waals surface area contributed by atoms with Crippen LogP contribution in [0, 0.1) is 0 Å². The van der Waals surface area contributed by atoms with Gasteiger partial charge in [0.15, 0.2) is 5.78 Å². The van der Waals surface area contributed by atoms with Crippen LogP contribution in [0.1, 0.15) is 46.4 Å². The lowest BCUT2D eigenvalue weighted by Gasteiger charge is -2.29. The number of Topliss-reactive ketones (excluding diaryl/α,β-unsaturated/α-hetero) is 1. The molecule has 1 fully saturated rings. The molecular formula is C18H21NO5. The predicted octanol–water partition coefficient (Wildman–Crippen LogP) is 1.86. The number of hydrogen-bond acceptors (Lipinski definition) is 6. The molecule has 0 saturated heterocycles. The Kier molecular flexibility index (Phi) is 4.57. The highest BCUT2D eigenvalue weighted by Crippen LogP contribution is 2.35. The molecule has 6 heteroatoms. The second-order valence-corrected chi connectivity index (χ2v) is 6.12. The van der Waals surface area contributed by atoms with Crippen molar-refractivity contribution in [3.05, 3.63) is 35.0 Å². The third kappa shape index (κ3) is 2.89. The molecule has 3 rings (SSSR count). The molecule has 0 atom stereocenters. The minimum Gasteiger partial charge on any atom is -0.496 e. The number of carbonyl (C=O) groups excluding carboxylic acids is 2. The van der Waals surface area contributed by atoms with E-state index >= 15 is 0 Å². The first-order valence-corrected chi connectivity index (χ1v) is 8.05. The Bertz CT molecular complexity index is 702. The smallest absolute Gasteiger partial charge is 0.213 e. The summed E-state index contributed by atoms with van der Waals surface area (Å²) >= 11 is 0. The molecule has 0 heterocycles. The van der Waals surface area contributed by atoms with Gasteiger partial charge in [-0.1, -0.05) is 0 Å². The predicted molar refractivity (Wildman–Crippen MR) is 87.7 cm³/mol. The van der Waals surface area contributed by atoms with Gasteiger partial charge in [0.05, 0.1) is 37.1 Å². The summed E-state index contributed by atoms with van der Waals surface area (Å²) in [6, 6.07) is 3.33. The largest absolute Gasteiger partial charge is 0.496 e. The van der Waals surface area contributed by atoms with Gasteiger partial charge in [0.25, 0.3) is 0 Å². The molecule has 128 valence electrons. The van der Waals surface area contributed by atoms with Crippen molar-refractivity contribution in [2.75, 3.05) is 14.2 Å². The minimum absolute atomic E-state index is 0.0783. The number of hydrogen-bond donors (Lipinski definition) is 2. The molecule has 0 aromatic heterocycles. The molecule has 1 saturated carbocycles. The van der Waals surface area contributed by atoms with Gasteiger partial charge in [0.2, 0.25) is 5.78 Å². The second-order valence-electron chi connectivity index (χ2n) is 6.12. The maximum absolute atomic E-state index is 12.9. The third-order valence-electron chi connectivity index (χ3n) is 4.62. The quantitative estimate of drug-likeness (QED) is 0.876. The van der Waals surface area contributed by atoms with E-state index in [2.05, 4.69) is 5.32 Å². The van der Waals surface area contributed by atoms with Crippen molar-refractivity contribution in [3.63, 3.8) is 0 Å². The highest BCUT2D eigenvalue weighted by atomic mass is 16.5. The summed E-state index contributed by atoms with van der Waals surface area (Å²) < 4.78 is 10.5. The second kappa shape index (κ2) is 6.65. The normalized spacial score (nSPS) is 23.4. The van der Waals surface area contributed by atoms with E-state index in [0.29, 0.717) is 24.3 Å². The first-order chi connectivity index (χ1) is 11.5. The number of nitrogens with one attached hydrogen (secondary N) is 1. The fourth-order valence-electron chi connectivity index (χ4n) is 3.33. The number of aliphatic hydroxyl groups excluding tert-OH is 1. The van der Waals surface area contributed by atoms with Crippen molar-refractivity contribution < 1.29 is 24.2 Å². The van der Waals surface area contributed by atoms with Crippen LogP contribution in [-0.4, -0.2) is 43.0 Å². The molecule has 0 amide bonds. The molecule has 0 bridgehead atoms. The van der Waals surface area contributed by atoms with Crippen LogP contribution < -0.4 is 14.8 Å². The molecule has 2 aliphatic carbocycles. The first-order valence-electron chi connectivity index (χ1n) is 8.05. The van der Waals surface area contributed by atoms with Gasteiger partial charge in [-0.2, -0.15) is 0 Å². The van der Waals surface area contributed by atoms with Gasteiger partial charge >= 0.3 is 0 Å². The van der Waals surface area contributed by atoms with Gasteiger partial charge in [0, 0.05) is 12.1 Å². The number of ketones is 2. The zero-order chi connectivity index (χ0) is 17.3. The van der Waals surface area contributed by atoms with Crippen LogP contribution in [0.4, 0.5) is 0 Å². The zero-order valence-corrected chi connectivity index (χ0v) is 13.8. The number of aliphatic hydroxyl groups is 1. The highest BCUT2D eigenvalue weighted by molar-refractivity contribution is 6.26. The fourth-order valence-corrected chi connectivity index (χ4v) is 3.33. The number of benzene rings is 1. The molecule has 1 aromatic rings. The lowest BCUT2D eigenvalue weighted by atomic mass is 9.89. The summed E-state index contributed by atoms with van der Waals surface area (Å²) in [6.07, 6.45) is 3.98. The van der Waals surface area contributed by atoms with E-state index in [1.54, 1.807) is 12.1 Å². The van der Waals surface area contributed by atoms with Gasteiger partial charge in [0.1, 0.15) is 11.5 Å². The summed E-state index contributed by atoms with van der Waals surface area (Å²) in [4.78, 5) is 25.4. The average Bonchev–Trinajstić information content (AvgIpc) is 2.60. The molecule has 1 aromatic carbocycles. The molecule has 2 N–H and O–H groups in total. The van der Waals surface area contributed by atoms with Gasteiger partial charge in [-0.05, 0) is 37.8 Å². The number of ether oxygens (including phenoxy) is 2. The monoisotopic (exact) mass is 331 g/mol. The SMILES string of the molecule is COc1ccc(OC)c2c1C(=O)C=C(NC1CCC(O)CC1)C2=O. The topological polar surface area (TPSA) is 84.9 Å². The molecule has 0 aliphatic heterocycles. The Balaban J connectivity index is 1.92. The maximum atomic E-state index is 12.9. The van der Waals surface area contributed by atoms with E-state index in [9.17, 15) is 14.7 Å². The Morgan fingerprint density at radius 1 is 1.00 bits per heavy atom. The van der Waals surface area contributed by atoms with Crippen LogP contribution in [0.25, 0.3) is 0 Å². The van der Waals surface area contributed by atoms with E-state index in [0.717, 1.165) is 12.8 Å². The van der Waals surface area contributed by atoms with Crippen molar-refractivity contribution in [2.45, 2.75) is 37.8 Å². The van der Waals surface area contributed by atoms with Crippen molar-refractivity contribution in [1.29, 1.82) is 0 Å². The summed E-state index contributed by atoms with van der Waals surface area (Å²) in [5.74, 6) is 0.168. The first kappa shape index (κ1) is 16.5.